The lowest BCUT2D eigenvalue weighted by Gasteiger charge is -2.22. The van der Waals surface area contributed by atoms with Gasteiger partial charge in [0.1, 0.15) is 11.4 Å². The molecule has 0 unspecified atom stereocenters. The molecule has 0 saturated carbocycles. The van der Waals surface area contributed by atoms with Gasteiger partial charge in [0.25, 0.3) is 5.56 Å². The van der Waals surface area contributed by atoms with Gasteiger partial charge in [-0.1, -0.05) is 48.5 Å². The average Bonchev–Trinajstić information content (AvgIpc) is 2.76. The molecule has 2 aromatic carbocycles. The number of aromatic nitrogens is 2. The summed E-state index contributed by atoms with van der Waals surface area (Å²) >= 11 is 0. The van der Waals surface area contributed by atoms with E-state index < -0.39 is 0 Å². The van der Waals surface area contributed by atoms with Gasteiger partial charge in [0.15, 0.2) is 0 Å². The molecule has 5 heteroatoms. The van der Waals surface area contributed by atoms with Gasteiger partial charge >= 0.3 is 0 Å². The molecule has 0 amide bonds. The van der Waals surface area contributed by atoms with E-state index in [0.29, 0.717) is 12.2 Å². The first-order chi connectivity index (χ1) is 14.6. The summed E-state index contributed by atoms with van der Waals surface area (Å²) < 4.78 is 6.87. The minimum Gasteiger partial charge on any atom is -0.497 e. The topological polar surface area (TPSA) is 46.8 Å². The highest BCUT2D eigenvalue weighted by atomic mass is 16.5. The van der Waals surface area contributed by atoms with Crippen LogP contribution in [0, 0.1) is 6.92 Å². The second-order valence-corrected chi connectivity index (χ2v) is 7.45. The predicted octanol–water partition coefficient (Wildman–Crippen LogP) is 4.21. The van der Waals surface area contributed by atoms with Gasteiger partial charge in [-0.15, -0.1) is 0 Å². The van der Waals surface area contributed by atoms with Crippen LogP contribution in [0.1, 0.15) is 22.4 Å². The van der Waals surface area contributed by atoms with E-state index in [1.807, 2.05) is 49.4 Å². The van der Waals surface area contributed by atoms with Crippen molar-refractivity contribution >= 4 is 5.65 Å². The fraction of sp³-hybridized carbons (Fsp3) is 0.200. The van der Waals surface area contributed by atoms with Crippen molar-refractivity contribution in [2.45, 2.75) is 26.6 Å². The van der Waals surface area contributed by atoms with Crippen molar-refractivity contribution in [1.29, 1.82) is 0 Å². The third kappa shape index (κ3) is 4.58. The Kier molecular flexibility index (Phi) is 5.91. The minimum absolute atomic E-state index is 0.0530. The average molecular weight is 399 g/mol. The van der Waals surface area contributed by atoms with Gasteiger partial charge in [0.2, 0.25) is 0 Å². The van der Waals surface area contributed by atoms with Gasteiger partial charge in [-0.05, 0) is 41.8 Å². The Labute approximate surface area is 176 Å². The summed E-state index contributed by atoms with van der Waals surface area (Å²) in [7, 11) is 1.67. The van der Waals surface area contributed by atoms with Gasteiger partial charge in [0, 0.05) is 31.9 Å². The highest BCUT2D eigenvalue weighted by Gasteiger charge is 2.12. The third-order valence-electron chi connectivity index (χ3n) is 5.14. The maximum Gasteiger partial charge on any atom is 0.258 e. The third-order valence-corrected chi connectivity index (χ3v) is 5.14. The Balaban J connectivity index is 1.64. The molecule has 0 aliphatic rings. The first-order valence-corrected chi connectivity index (χ1v) is 9.99. The number of hydrogen-bond donors (Lipinski definition) is 0. The van der Waals surface area contributed by atoms with E-state index in [2.05, 4.69) is 29.2 Å². The summed E-state index contributed by atoms with van der Waals surface area (Å²) in [6, 6.07) is 23.9. The molecule has 2 aromatic heterocycles. The van der Waals surface area contributed by atoms with Gasteiger partial charge in [-0.2, -0.15) is 0 Å². The van der Waals surface area contributed by atoms with Crippen molar-refractivity contribution in [2.75, 3.05) is 7.11 Å². The van der Waals surface area contributed by atoms with E-state index in [9.17, 15) is 4.79 Å². The molecule has 0 N–H and O–H groups in total. The predicted molar refractivity (Wildman–Crippen MR) is 119 cm³/mol. The summed E-state index contributed by atoms with van der Waals surface area (Å²) in [5, 5.41) is 0. The summed E-state index contributed by atoms with van der Waals surface area (Å²) in [6.07, 6.45) is 1.76. The number of aryl methyl sites for hydroxylation is 1. The van der Waals surface area contributed by atoms with Crippen molar-refractivity contribution < 1.29 is 4.74 Å². The molecule has 0 atom stereocenters. The number of hydrogen-bond acceptors (Lipinski definition) is 4. The molecule has 30 heavy (non-hydrogen) atoms. The van der Waals surface area contributed by atoms with Crippen LogP contribution in [0.15, 0.2) is 83.8 Å². The van der Waals surface area contributed by atoms with E-state index in [4.69, 9.17) is 9.72 Å². The van der Waals surface area contributed by atoms with E-state index in [0.717, 1.165) is 30.1 Å². The molecule has 0 radical (unpaired) electrons. The van der Waals surface area contributed by atoms with Crippen molar-refractivity contribution in [3.8, 4) is 5.75 Å². The van der Waals surface area contributed by atoms with E-state index in [1.165, 1.54) is 11.1 Å². The summed E-state index contributed by atoms with van der Waals surface area (Å²) in [5.74, 6) is 0.841. The number of fused-ring (bicyclic) bond motifs is 1. The molecule has 0 bridgehead atoms. The lowest BCUT2D eigenvalue weighted by molar-refractivity contribution is 0.244. The molecule has 4 aromatic rings. The molecule has 0 saturated heterocycles. The Morgan fingerprint density at radius 3 is 2.30 bits per heavy atom. The zero-order chi connectivity index (χ0) is 20.9. The largest absolute Gasteiger partial charge is 0.497 e. The first kappa shape index (κ1) is 19.9. The zero-order valence-corrected chi connectivity index (χ0v) is 17.3. The van der Waals surface area contributed by atoms with Crippen molar-refractivity contribution in [3.63, 3.8) is 0 Å². The number of ether oxygens (including phenoxy) is 1. The lowest BCUT2D eigenvalue weighted by Crippen LogP contribution is -2.25. The minimum atomic E-state index is -0.0530. The number of rotatable bonds is 7. The first-order valence-electron chi connectivity index (χ1n) is 9.99. The van der Waals surface area contributed by atoms with E-state index >= 15 is 0 Å². The molecule has 0 fully saturated rings. The van der Waals surface area contributed by atoms with Crippen LogP contribution in [-0.2, 0) is 19.6 Å². The van der Waals surface area contributed by atoms with Crippen LogP contribution >= 0.6 is 0 Å². The Morgan fingerprint density at radius 2 is 1.60 bits per heavy atom. The smallest absolute Gasteiger partial charge is 0.258 e. The highest BCUT2D eigenvalue weighted by molar-refractivity contribution is 5.46. The van der Waals surface area contributed by atoms with Crippen LogP contribution in [0.25, 0.3) is 5.65 Å². The number of pyridine rings is 1. The molecule has 2 heterocycles. The van der Waals surface area contributed by atoms with Crippen LogP contribution in [0.5, 0.6) is 5.75 Å². The standard InChI is InChI=1S/C25H25N3O2/c1-19-7-6-14-28-24(29)15-22(26-25(19)28)18-27(16-20-8-4-3-5-9-20)17-21-10-12-23(30-2)13-11-21/h3-15H,16-18H2,1-2H3. The molecule has 0 spiro atoms. The number of nitrogens with zero attached hydrogens (tertiary/aromatic N) is 3. The van der Waals surface area contributed by atoms with E-state index in [1.54, 1.807) is 23.8 Å². The molecule has 0 aliphatic heterocycles. The van der Waals surface area contributed by atoms with Gasteiger partial charge in [-0.25, -0.2) is 4.98 Å². The summed E-state index contributed by atoms with van der Waals surface area (Å²) in [6.45, 7) is 4.07. The van der Waals surface area contributed by atoms with Crippen molar-refractivity contribution in [2.24, 2.45) is 0 Å². The lowest BCUT2D eigenvalue weighted by atomic mass is 10.1. The Bertz CT molecular complexity index is 1180. The maximum absolute atomic E-state index is 12.6. The van der Waals surface area contributed by atoms with Crippen LogP contribution in [0.3, 0.4) is 0 Å². The summed E-state index contributed by atoms with van der Waals surface area (Å²) in [4.78, 5) is 19.7. The number of methoxy groups -OCH3 is 1. The fourth-order valence-electron chi connectivity index (χ4n) is 3.62. The molecular formula is C25H25N3O2. The van der Waals surface area contributed by atoms with Crippen LogP contribution in [-0.4, -0.2) is 21.4 Å². The molecular weight excluding hydrogens is 374 g/mol. The monoisotopic (exact) mass is 399 g/mol. The molecule has 0 aliphatic carbocycles. The SMILES string of the molecule is COc1ccc(CN(Cc2ccccc2)Cc2cc(=O)n3cccc(C)c3n2)cc1. The molecule has 152 valence electrons. The Hall–Kier alpha value is -3.44. The second kappa shape index (κ2) is 8.93. The van der Waals surface area contributed by atoms with Crippen molar-refractivity contribution in [1.82, 2.24) is 14.3 Å². The summed E-state index contributed by atoms with van der Waals surface area (Å²) in [5.41, 5.74) is 4.83. The number of benzene rings is 2. The Morgan fingerprint density at radius 1 is 0.900 bits per heavy atom. The molecule has 4 rings (SSSR count). The van der Waals surface area contributed by atoms with Crippen molar-refractivity contribution in [3.05, 3.63) is 112 Å². The van der Waals surface area contributed by atoms with Gasteiger partial charge in [-0.3, -0.25) is 14.1 Å². The fourth-order valence-corrected chi connectivity index (χ4v) is 3.62. The maximum atomic E-state index is 12.6. The normalized spacial score (nSPS) is 11.2. The molecule has 5 nitrogen and oxygen atoms in total. The van der Waals surface area contributed by atoms with Gasteiger partial charge < -0.3 is 4.74 Å². The quantitative estimate of drug-likeness (QED) is 0.467. The second-order valence-electron chi connectivity index (χ2n) is 7.45. The van der Waals surface area contributed by atoms with Crippen LogP contribution < -0.4 is 10.3 Å². The zero-order valence-electron chi connectivity index (χ0n) is 17.3. The van der Waals surface area contributed by atoms with E-state index in [-0.39, 0.29) is 5.56 Å². The van der Waals surface area contributed by atoms with Crippen LogP contribution in [0.4, 0.5) is 0 Å². The highest BCUT2D eigenvalue weighted by Crippen LogP contribution is 2.17. The van der Waals surface area contributed by atoms with Gasteiger partial charge in [0.05, 0.1) is 12.8 Å². The van der Waals surface area contributed by atoms with Crippen LogP contribution in [0.2, 0.25) is 0 Å².